The molecule has 5 rings (SSSR count). The Kier molecular flexibility index (Phi) is 5.58. The fourth-order valence-corrected chi connectivity index (χ4v) is 5.11. The van der Waals surface area contributed by atoms with Crippen molar-refractivity contribution < 1.29 is 17.9 Å². The van der Waals surface area contributed by atoms with Crippen molar-refractivity contribution in [1.82, 2.24) is 14.7 Å². The first-order chi connectivity index (χ1) is 15.0. The molecule has 1 aromatic carbocycles. The van der Waals surface area contributed by atoms with E-state index in [1.165, 1.54) is 31.1 Å². The molecular weight excluding hydrogens is 405 g/mol. The molecule has 0 spiro atoms. The van der Waals surface area contributed by atoms with Gasteiger partial charge in [-0.1, -0.05) is 12.1 Å². The van der Waals surface area contributed by atoms with Crippen molar-refractivity contribution in [2.24, 2.45) is 4.99 Å². The van der Waals surface area contributed by atoms with Crippen LogP contribution in [0.3, 0.4) is 0 Å². The summed E-state index contributed by atoms with van der Waals surface area (Å²) < 4.78 is 47.7. The van der Waals surface area contributed by atoms with Crippen LogP contribution in [0.1, 0.15) is 43.2 Å². The number of hydrogen-bond acceptors (Lipinski definition) is 5. The molecule has 0 radical (unpaired) electrons. The number of ether oxygens (including phenoxy) is 1. The Balaban J connectivity index is 1.19. The van der Waals surface area contributed by atoms with Crippen LogP contribution in [0.25, 0.3) is 0 Å². The van der Waals surface area contributed by atoms with Gasteiger partial charge < -0.3 is 14.5 Å². The van der Waals surface area contributed by atoms with Gasteiger partial charge in [-0.25, -0.2) is 18.2 Å². The Morgan fingerprint density at radius 3 is 2.90 bits per heavy atom. The molecule has 1 aromatic rings. The Morgan fingerprint density at radius 2 is 2.06 bits per heavy atom. The molecule has 168 valence electrons. The smallest absolute Gasteiger partial charge is 0.260 e. The number of piperidine rings is 2. The van der Waals surface area contributed by atoms with Crippen LogP contribution in [0.15, 0.2) is 35.1 Å². The largest absolute Gasteiger partial charge is 0.473 e. The maximum Gasteiger partial charge on any atom is 0.260 e. The zero-order valence-corrected chi connectivity index (χ0v) is 17.7. The lowest BCUT2D eigenvalue weighted by Gasteiger charge is -2.32. The normalized spacial score (nSPS) is 25.6. The first-order valence-corrected chi connectivity index (χ1v) is 11.2. The van der Waals surface area contributed by atoms with Crippen LogP contribution >= 0.6 is 0 Å². The Hall–Kier alpha value is -2.22. The van der Waals surface area contributed by atoms with Crippen LogP contribution in [-0.2, 0) is 17.9 Å². The van der Waals surface area contributed by atoms with Gasteiger partial charge in [0.25, 0.3) is 5.92 Å². The summed E-state index contributed by atoms with van der Waals surface area (Å²) >= 11 is 0. The van der Waals surface area contributed by atoms with Gasteiger partial charge in [-0.3, -0.25) is 4.90 Å². The van der Waals surface area contributed by atoms with E-state index in [1.807, 2.05) is 6.08 Å². The average Bonchev–Trinajstić information content (AvgIpc) is 3.11. The molecule has 3 saturated heterocycles. The van der Waals surface area contributed by atoms with Gasteiger partial charge in [0.15, 0.2) is 0 Å². The number of alkyl halides is 2. The highest BCUT2D eigenvalue weighted by Crippen LogP contribution is 2.32. The van der Waals surface area contributed by atoms with Gasteiger partial charge >= 0.3 is 0 Å². The fraction of sp³-hybridized carbons (Fsp3) is 0.609. The van der Waals surface area contributed by atoms with E-state index < -0.39 is 5.92 Å². The maximum absolute atomic E-state index is 14.6. The highest BCUT2D eigenvalue weighted by molar-refractivity contribution is 5.89. The minimum atomic E-state index is -2.68. The van der Waals surface area contributed by atoms with Gasteiger partial charge in [-0.15, -0.1) is 0 Å². The number of rotatable bonds is 4. The first-order valence-electron chi connectivity index (χ1n) is 11.2. The predicted molar refractivity (Wildman–Crippen MR) is 112 cm³/mol. The Labute approximate surface area is 181 Å². The Bertz CT molecular complexity index is 888. The number of hydrogen-bond donors (Lipinski definition) is 0. The molecular formula is C23H29F3N4O. The second-order valence-corrected chi connectivity index (χ2v) is 9.09. The van der Waals surface area contributed by atoms with Crippen molar-refractivity contribution in [2.45, 2.75) is 57.2 Å². The third kappa shape index (κ3) is 4.54. The van der Waals surface area contributed by atoms with Crippen molar-refractivity contribution in [2.75, 3.05) is 32.8 Å². The van der Waals surface area contributed by atoms with Gasteiger partial charge in [0.2, 0.25) is 5.90 Å². The van der Waals surface area contributed by atoms with Gasteiger partial charge in [-0.2, -0.15) is 0 Å². The lowest BCUT2D eigenvalue weighted by atomic mass is 10.0. The number of halogens is 3. The van der Waals surface area contributed by atoms with Gasteiger partial charge in [0, 0.05) is 43.7 Å². The van der Waals surface area contributed by atoms with Crippen LogP contribution in [0.5, 0.6) is 0 Å². The summed E-state index contributed by atoms with van der Waals surface area (Å²) in [5.74, 6) is -1.29. The van der Waals surface area contributed by atoms with Crippen LogP contribution in [-0.4, -0.2) is 65.4 Å². The molecule has 3 fully saturated rings. The monoisotopic (exact) mass is 434 g/mol. The zero-order chi connectivity index (χ0) is 21.4. The van der Waals surface area contributed by atoms with E-state index in [9.17, 15) is 13.2 Å². The highest BCUT2D eigenvalue weighted by Gasteiger charge is 2.37. The van der Waals surface area contributed by atoms with E-state index >= 15 is 0 Å². The molecule has 0 aromatic heterocycles. The lowest BCUT2D eigenvalue weighted by molar-refractivity contribution is -0.0663. The number of fused-ring (bicyclic) bond motifs is 3. The van der Waals surface area contributed by atoms with Gasteiger partial charge in [-0.05, 0) is 43.9 Å². The molecule has 5 nitrogen and oxygen atoms in total. The van der Waals surface area contributed by atoms with Crippen LogP contribution in [0.4, 0.5) is 13.2 Å². The summed E-state index contributed by atoms with van der Waals surface area (Å²) in [6.07, 6.45) is 6.08. The van der Waals surface area contributed by atoms with Gasteiger partial charge in [0.1, 0.15) is 24.9 Å². The van der Waals surface area contributed by atoms with E-state index in [-0.39, 0.29) is 31.9 Å². The summed E-state index contributed by atoms with van der Waals surface area (Å²) in [6.45, 7) is 3.40. The molecule has 4 aliphatic rings. The number of likely N-dealkylation sites (tertiary alicyclic amines) is 1. The minimum absolute atomic E-state index is 0.0848. The lowest BCUT2D eigenvalue weighted by Crippen LogP contribution is -2.42. The van der Waals surface area contributed by atoms with Crippen molar-refractivity contribution in [3.8, 4) is 0 Å². The van der Waals surface area contributed by atoms with Crippen LogP contribution in [0.2, 0.25) is 0 Å². The summed E-state index contributed by atoms with van der Waals surface area (Å²) in [5.41, 5.74) is 1.15. The molecule has 31 heavy (non-hydrogen) atoms. The number of aliphatic imine (C=N–C) groups is 1. The third-order valence-corrected chi connectivity index (χ3v) is 6.70. The molecule has 4 heterocycles. The van der Waals surface area contributed by atoms with E-state index in [4.69, 9.17) is 4.74 Å². The highest BCUT2D eigenvalue weighted by atomic mass is 19.3. The molecule has 0 N–H and O–H groups in total. The van der Waals surface area contributed by atoms with E-state index in [1.54, 1.807) is 17.0 Å². The summed E-state index contributed by atoms with van der Waals surface area (Å²) in [6, 6.07) is 5.51. The molecule has 4 aliphatic heterocycles. The van der Waals surface area contributed by atoms with E-state index in [0.717, 1.165) is 13.1 Å². The van der Waals surface area contributed by atoms with Crippen molar-refractivity contribution >= 4 is 5.90 Å². The summed E-state index contributed by atoms with van der Waals surface area (Å²) in [4.78, 5) is 10.9. The van der Waals surface area contributed by atoms with Crippen molar-refractivity contribution in [3.05, 3.63) is 47.0 Å². The SMILES string of the molecule is Fc1cc(COC2=NCN3C[C@@H]4CCCCN4C3=C2)ccc1CN1CCCC(F)(F)C1. The van der Waals surface area contributed by atoms with Crippen molar-refractivity contribution in [3.63, 3.8) is 0 Å². The maximum atomic E-state index is 14.6. The average molecular weight is 435 g/mol. The quantitative estimate of drug-likeness (QED) is 0.718. The standard InChI is InChI=1S/C23H29F3N4O/c24-20-10-17(5-6-18(20)12-28-8-3-7-23(25,26)15-28)14-31-21-11-22-29(16-27-21)13-19-4-1-2-9-30(19)22/h5-6,10-11,19H,1-4,7-9,12-16H2/t19-/m0/s1. The van der Waals surface area contributed by atoms with Crippen LogP contribution < -0.4 is 0 Å². The molecule has 0 bridgehead atoms. The third-order valence-electron chi connectivity index (χ3n) is 6.70. The second-order valence-electron chi connectivity index (χ2n) is 9.09. The minimum Gasteiger partial charge on any atom is -0.473 e. The van der Waals surface area contributed by atoms with E-state index in [2.05, 4.69) is 14.8 Å². The molecule has 0 aliphatic carbocycles. The topological polar surface area (TPSA) is 31.3 Å². The number of nitrogens with zero attached hydrogens (tertiary/aromatic N) is 4. The Morgan fingerprint density at radius 1 is 1.16 bits per heavy atom. The zero-order valence-electron chi connectivity index (χ0n) is 17.7. The van der Waals surface area contributed by atoms with Gasteiger partial charge in [0.05, 0.1) is 6.54 Å². The molecule has 0 amide bonds. The number of benzene rings is 1. The van der Waals surface area contributed by atoms with Crippen LogP contribution in [0, 0.1) is 5.82 Å². The fourth-order valence-electron chi connectivity index (χ4n) is 5.11. The summed E-state index contributed by atoms with van der Waals surface area (Å²) in [5, 5.41) is 0. The molecule has 0 saturated carbocycles. The molecule has 8 heteroatoms. The van der Waals surface area contributed by atoms with Crippen molar-refractivity contribution in [1.29, 1.82) is 0 Å². The second kappa shape index (κ2) is 8.37. The summed E-state index contributed by atoms with van der Waals surface area (Å²) in [7, 11) is 0. The predicted octanol–water partition coefficient (Wildman–Crippen LogP) is 3.95. The molecule has 0 unspecified atom stereocenters. The van der Waals surface area contributed by atoms with E-state index in [0.29, 0.717) is 42.7 Å². The molecule has 1 atom stereocenters. The first kappa shape index (κ1) is 20.7.